The van der Waals surface area contributed by atoms with Crippen molar-refractivity contribution in [2.75, 3.05) is 6.54 Å². The Labute approximate surface area is 141 Å². The second-order valence-electron chi connectivity index (χ2n) is 6.57. The summed E-state index contributed by atoms with van der Waals surface area (Å²) in [6.07, 6.45) is 5.49. The number of hydrogen-bond acceptors (Lipinski definition) is 5. The Morgan fingerprint density at radius 2 is 2.17 bits per heavy atom. The number of fused-ring (bicyclic) bond motifs is 1. The van der Waals surface area contributed by atoms with Crippen LogP contribution in [0.3, 0.4) is 0 Å². The zero-order valence-electron chi connectivity index (χ0n) is 14.2. The van der Waals surface area contributed by atoms with Crippen LogP contribution in [0.2, 0.25) is 0 Å². The van der Waals surface area contributed by atoms with Gasteiger partial charge in [0.2, 0.25) is 0 Å². The third-order valence-electron chi connectivity index (χ3n) is 4.75. The maximum absolute atomic E-state index is 4.63. The number of nitrogens with one attached hydrogen (secondary N) is 1. The predicted octanol–water partition coefficient (Wildman–Crippen LogP) is 2.22. The number of likely N-dealkylation sites (tertiary alicyclic amines) is 1. The normalized spacial score (nSPS) is 19.2. The molecule has 1 saturated heterocycles. The van der Waals surface area contributed by atoms with Crippen LogP contribution in [0.5, 0.6) is 0 Å². The van der Waals surface area contributed by atoms with E-state index in [0.29, 0.717) is 6.04 Å². The second kappa shape index (κ2) is 6.32. The van der Waals surface area contributed by atoms with Crippen LogP contribution < -0.4 is 0 Å². The highest BCUT2D eigenvalue weighted by Gasteiger charge is 2.24. The zero-order chi connectivity index (χ0) is 16.5. The van der Waals surface area contributed by atoms with Gasteiger partial charge in [0.05, 0.1) is 18.6 Å². The number of H-pyrrole nitrogens is 1. The van der Waals surface area contributed by atoms with Gasteiger partial charge in [-0.2, -0.15) is 5.10 Å². The van der Waals surface area contributed by atoms with Crippen LogP contribution in [0.4, 0.5) is 0 Å². The molecule has 4 rings (SSSR count). The molecular weight excluding hydrogens is 302 g/mol. The Bertz CT molecular complexity index is 801. The average molecular weight is 325 g/mol. The average Bonchev–Trinajstić information content (AvgIpc) is 3.11. The first kappa shape index (κ1) is 15.3. The summed E-state index contributed by atoms with van der Waals surface area (Å²) in [6.45, 7) is 6.79. The lowest BCUT2D eigenvalue weighted by molar-refractivity contribution is 0.118. The Kier molecular flexibility index (Phi) is 4.02. The molecule has 0 aliphatic carbocycles. The van der Waals surface area contributed by atoms with Gasteiger partial charge in [0.1, 0.15) is 17.5 Å². The summed E-state index contributed by atoms with van der Waals surface area (Å²) in [5.41, 5.74) is 1.80. The largest absolute Gasteiger partial charge is 0.340 e. The number of aromatic nitrogens is 6. The number of nitrogens with zero attached hydrogens (tertiary/aromatic N) is 6. The molecule has 4 heterocycles. The minimum absolute atomic E-state index is 0.472. The van der Waals surface area contributed by atoms with Crippen LogP contribution in [0, 0.1) is 13.8 Å². The molecule has 0 unspecified atom stereocenters. The summed E-state index contributed by atoms with van der Waals surface area (Å²) in [4.78, 5) is 19.3. The number of aryl methyl sites for hydroxylation is 2. The van der Waals surface area contributed by atoms with Crippen molar-refractivity contribution in [1.29, 1.82) is 0 Å². The Hall–Kier alpha value is -2.28. The molecule has 1 aliphatic rings. The van der Waals surface area contributed by atoms with Gasteiger partial charge in [-0.25, -0.2) is 19.6 Å². The van der Waals surface area contributed by atoms with Crippen molar-refractivity contribution in [2.24, 2.45) is 0 Å². The first-order chi connectivity index (χ1) is 11.7. The van der Waals surface area contributed by atoms with Crippen LogP contribution in [-0.2, 0) is 13.1 Å². The van der Waals surface area contributed by atoms with E-state index in [1.165, 1.54) is 19.3 Å². The SMILES string of the molecule is Cc1nc(C)n(C[C@H]2CCCCN2Cc2nc3ncccc3[nH]2)n1. The fraction of sp³-hybridized carbons (Fsp3) is 0.529. The van der Waals surface area contributed by atoms with E-state index in [9.17, 15) is 0 Å². The van der Waals surface area contributed by atoms with Crippen LogP contribution in [0.15, 0.2) is 18.3 Å². The summed E-state index contributed by atoms with van der Waals surface area (Å²) in [7, 11) is 0. The Balaban J connectivity index is 1.52. The van der Waals surface area contributed by atoms with Gasteiger partial charge >= 0.3 is 0 Å². The molecule has 24 heavy (non-hydrogen) atoms. The van der Waals surface area contributed by atoms with Crippen molar-refractivity contribution in [3.05, 3.63) is 35.8 Å². The van der Waals surface area contributed by atoms with Crippen molar-refractivity contribution >= 4 is 11.2 Å². The molecule has 7 nitrogen and oxygen atoms in total. The number of hydrogen-bond donors (Lipinski definition) is 1. The highest BCUT2D eigenvalue weighted by Crippen LogP contribution is 2.21. The maximum Gasteiger partial charge on any atom is 0.177 e. The van der Waals surface area contributed by atoms with Crippen LogP contribution >= 0.6 is 0 Å². The van der Waals surface area contributed by atoms with E-state index < -0.39 is 0 Å². The molecule has 0 radical (unpaired) electrons. The molecule has 3 aromatic heterocycles. The van der Waals surface area contributed by atoms with E-state index in [1.807, 2.05) is 30.7 Å². The van der Waals surface area contributed by atoms with Crippen molar-refractivity contribution in [3.8, 4) is 0 Å². The summed E-state index contributed by atoms with van der Waals surface area (Å²) in [5, 5.41) is 4.53. The van der Waals surface area contributed by atoms with Crippen LogP contribution in [0.1, 0.15) is 36.7 Å². The highest BCUT2D eigenvalue weighted by atomic mass is 15.4. The summed E-state index contributed by atoms with van der Waals surface area (Å²) >= 11 is 0. The van der Waals surface area contributed by atoms with Crippen molar-refractivity contribution in [2.45, 2.75) is 52.2 Å². The van der Waals surface area contributed by atoms with Crippen LogP contribution in [-0.4, -0.2) is 47.2 Å². The van der Waals surface area contributed by atoms with Gasteiger partial charge in [-0.1, -0.05) is 6.42 Å². The van der Waals surface area contributed by atoms with E-state index in [0.717, 1.165) is 48.3 Å². The van der Waals surface area contributed by atoms with E-state index in [1.54, 1.807) is 6.20 Å². The number of imidazole rings is 1. The third kappa shape index (κ3) is 3.03. The summed E-state index contributed by atoms with van der Waals surface area (Å²) in [6, 6.07) is 4.43. The van der Waals surface area contributed by atoms with Crippen molar-refractivity contribution in [3.63, 3.8) is 0 Å². The van der Waals surface area contributed by atoms with Crippen molar-refractivity contribution in [1.82, 2.24) is 34.6 Å². The molecule has 1 N–H and O–H groups in total. The lowest BCUT2D eigenvalue weighted by atomic mass is 10.0. The Morgan fingerprint density at radius 1 is 1.25 bits per heavy atom. The molecular formula is C17H23N7. The van der Waals surface area contributed by atoms with Crippen LogP contribution in [0.25, 0.3) is 11.2 Å². The maximum atomic E-state index is 4.63. The first-order valence-electron chi connectivity index (χ1n) is 8.61. The standard InChI is InChI=1S/C17H23N7/c1-12-19-13(2)24(22-12)10-14-6-3-4-9-23(14)11-16-20-15-7-5-8-18-17(15)21-16/h5,7-8,14H,3-4,6,9-11H2,1-2H3,(H,18,20,21)/t14-/m1/s1. The van der Waals surface area contributed by atoms with E-state index in [4.69, 9.17) is 0 Å². The van der Waals surface area contributed by atoms with E-state index in [2.05, 4.69) is 29.9 Å². The van der Waals surface area contributed by atoms with Gasteiger partial charge < -0.3 is 4.98 Å². The Morgan fingerprint density at radius 3 is 2.96 bits per heavy atom. The second-order valence-corrected chi connectivity index (χ2v) is 6.57. The monoisotopic (exact) mass is 325 g/mol. The quantitative estimate of drug-likeness (QED) is 0.796. The molecule has 1 atom stereocenters. The van der Waals surface area contributed by atoms with Gasteiger partial charge in [0.25, 0.3) is 0 Å². The fourth-order valence-corrected chi connectivity index (χ4v) is 3.57. The minimum Gasteiger partial charge on any atom is -0.340 e. The molecule has 0 spiro atoms. The smallest absolute Gasteiger partial charge is 0.177 e. The lowest BCUT2D eigenvalue weighted by Crippen LogP contribution is -2.42. The highest BCUT2D eigenvalue weighted by molar-refractivity contribution is 5.69. The molecule has 1 aliphatic heterocycles. The molecule has 3 aromatic rings. The lowest BCUT2D eigenvalue weighted by Gasteiger charge is -2.35. The van der Waals surface area contributed by atoms with Crippen molar-refractivity contribution < 1.29 is 0 Å². The molecule has 0 amide bonds. The molecule has 0 bridgehead atoms. The molecule has 7 heteroatoms. The van der Waals surface area contributed by atoms with E-state index in [-0.39, 0.29) is 0 Å². The number of aromatic amines is 1. The zero-order valence-corrected chi connectivity index (χ0v) is 14.2. The third-order valence-corrected chi connectivity index (χ3v) is 4.75. The van der Waals surface area contributed by atoms with Gasteiger partial charge in [0, 0.05) is 12.2 Å². The molecule has 1 fully saturated rings. The number of piperidine rings is 1. The molecule has 126 valence electrons. The summed E-state index contributed by atoms with van der Waals surface area (Å²) < 4.78 is 2.04. The van der Waals surface area contributed by atoms with Gasteiger partial charge in [-0.05, 0) is 45.4 Å². The molecule has 0 saturated carbocycles. The van der Waals surface area contributed by atoms with E-state index >= 15 is 0 Å². The summed E-state index contributed by atoms with van der Waals surface area (Å²) in [5.74, 6) is 2.83. The predicted molar refractivity (Wildman–Crippen MR) is 91.4 cm³/mol. The topological polar surface area (TPSA) is 75.5 Å². The molecule has 0 aromatic carbocycles. The van der Waals surface area contributed by atoms with Gasteiger partial charge in [0.15, 0.2) is 5.65 Å². The first-order valence-corrected chi connectivity index (χ1v) is 8.61. The van der Waals surface area contributed by atoms with Gasteiger partial charge in [-0.15, -0.1) is 0 Å². The number of pyridine rings is 1. The van der Waals surface area contributed by atoms with Gasteiger partial charge in [-0.3, -0.25) is 4.90 Å². The number of rotatable bonds is 4. The fourth-order valence-electron chi connectivity index (χ4n) is 3.57. The minimum atomic E-state index is 0.472.